The average Bonchev–Trinajstić information content (AvgIpc) is 2.72. The van der Waals surface area contributed by atoms with Crippen molar-refractivity contribution >= 4 is 17.5 Å². The van der Waals surface area contributed by atoms with Gasteiger partial charge in [-0.15, -0.1) is 0 Å². The quantitative estimate of drug-likeness (QED) is 0.801. The van der Waals surface area contributed by atoms with Crippen LogP contribution in [0.25, 0.3) is 0 Å². The maximum absolute atomic E-state index is 12.9. The van der Waals surface area contributed by atoms with Gasteiger partial charge in [-0.25, -0.2) is 0 Å². The van der Waals surface area contributed by atoms with Gasteiger partial charge in [-0.3, -0.25) is 4.79 Å². The third-order valence-corrected chi connectivity index (χ3v) is 6.81. The number of hydrogen-bond acceptors (Lipinski definition) is 4. The number of carbonyl (C=O) groups is 1. The molecule has 1 amide bonds. The molecule has 0 spiro atoms. The summed E-state index contributed by atoms with van der Waals surface area (Å²) in [6, 6.07) is 13.2. The topological polar surface area (TPSA) is 65.4 Å². The Labute approximate surface area is 182 Å². The zero-order valence-corrected chi connectivity index (χ0v) is 18.3. The first-order valence-corrected chi connectivity index (χ1v) is 10.6. The predicted octanol–water partition coefficient (Wildman–Crippen LogP) is 4.18. The van der Waals surface area contributed by atoms with Crippen LogP contribution in [0.1, 0.15) is 47.3 Å². The molecule has 156 valence electrons. The van der Waals surface area contributed by atoms with Crippen molar-refractivity contribution in [1.82, 2.24) is 10.2 Å². The fourth-order valence-corrected chi connectivity index (χ4v) is 4.44. The van der Waals surface area contributed by atoms with Crippen LogP contribution in [0, 0.1) is 16.7 Å². The molecule has 1 aliphatic carbocycles. The van der Waals surface area contributed by atoms with Gasteiger partial charge in [0.15, 0.2) is 0 Å². The summed E-state index contributed by atoms with van der Waals surface area (Å²) in [5.74, 6) is 0.608. The van der Waals surface area contributed by atoms with Crippen LogP contribution < -0.4 is 10.1 Å². The maximum Gasteiger partial charge on any atom is 0.251 e. The predicted molar refractivity (Wildman–Crippen MR) is 117 cm³/mol. The zero-order chi connectivity index (χ0) is 21.5. The summed E-state index contributed by atoms with van der Waals surface area (Å²) in [6.45, 7) is 6.15. The third kappa shape index (κ3) is 3.90. The lowest BCUT2D eigenvalue weighted by atomic mass is 9.64. The number of likely N-dealkylation sites (N-methyl/N-ethyl adjacent to an activating group) is 1. The molecule has 0 bridgehead atoms. The van der Waals surface area contributed by atoms with E-state index in [1.54, 1.807) is 18.2 Å². The van der Waals surface area contributed by atoms with Crippen LogP contribution in [0.3, 0.4) is 0 Å². The fourth-order valence-electron chi connectivity index (χ4n) is 4.23. The Balaban J connectivity index is 1.39. The minimum absolute atomic E-state index is 0.0327. The second kappa shape index (κ2) is 7.94. The number of rotatable bonds is 4. The molecular formula is C24H26ClN3O2. The van der Waals surface area contributed by atoms with Crippen molar-refractivity contribution in [3.63, 3.8) is 0 Å². The van der Waals surface area contributed by atoms with E-state index in [0.717, 1.165) is 31.5 Å². The summed E-state index contributed by atoms with van der Waals surface area (Å²) in [4.78, 5) is 15.1. The van der Waals surface area contributed by atoms with Crippen molar-refractivity contribution in [2.24, 2.45) is 5.41 Å². The average molecular weight is 424 g/mol. The van der Waals surface area contributed by atoms with E-state index in [4.69, 9.17) is 21.6 Å². The van der Waals surface area contributed by atoms with Crippen molar-refractivity contribution < 1.29 is 9.53 Å². The molecule has 5 nitrogen and oxygen atoms in total. The monoisotopic (exact) mass is 423 g/mol. The van der Waals surface area contributed by atoms with Crippen molar-refractivity contribution in [3.8, 4) is 11.8 Å². The number of hydrogen-bond donors (Lipinski definition) is 1. The molecule has 2 aromatic rings. The number of benzene rings is 2. The van der Waals surface area contributed by atoms with Gasteiger partial charge in [-0.1, -0.05) is 31.5 Å². The number of nitrogens with one attached hydrogen (secondary N) is 1. The van der Waals surface area contributed by atoms with E-state index in [-0.39, 0.29) is 23.5 Å². The van der Waals surface area contributed by atoms with Gasteiger partial charge in [-0.2, -0.15) is 5.26 Å². The molecule has 0 unspecified atom stereocenters. The van der Waals surface area contributed by atoms with Crippen molar-refractivity contribution in [3.05, 3.63) is 63.7 Å². The maximum atomic E-state index is 12.9. The minimum atomic E-state index is -0.215. The number of ether oxygens (including phenoxy) is 1. The Morgan fingerprint density at radius 1 is 1.27 bits per heavy atom. The Morgan fingerprint density at radius 3 is 2.77 bits per heavy atom. The molecule has 2 aliphatic rings. The SMILES string of the molecule is CN1CCc2cc(C(=O)N[C@H]3C[C@H](Oc4ccc(C#N)c(Cl)c4)C3(C)C)ccc2C1. The van der Waals surface area contributed by atoms with Crippen LogP contribution in [0.15, 0.2) is 36.4 Å². The molecule has 4 rings (SSSR count). The lowest BCUT2D eigenvalue weighted by Crippen LogP contribution is -2.63. The first-order valence-electron chi connectivity index (χ1n) is 10.3. The third-order valence-electron chi connectivity index (χ3n) is 6.49. The van der Waals surface area contributed by atoms with Gasteiger partial charge in [-0.05, 0) is 48.9 Å². The standard InChI is InChI=1S/C24H26ClN3O2/c1-24(2)21(12-22(24)30-19-7-6-17(13-26)20(25)11-19)27-23(29)16-4-5-18-14-28(3)9-8-15(18)10-16/h4-7,10-11,21-22H,8-9,12,14H2,1-3H3,(H,27,29)/t21-,22-/m0/s1. The molecule has 2 aromatic carbocycles. The van der Waals surface area contributed by atoms with Crippen molar-refractivity contribution in [1.29, 1.82) is 5.26 Å². The first kappa shape index (κ1) is 20.7. The van der Waals surface area contributed by atoms with Gasteiger partial charge in [0.25, 0.3) is 5.91 Å². The smallest absolute Gasteiger partial charge is 0.251 e. The Bertz CT molecular complexity index is 1030. The number of nitrogens with zero attached hydrogens (tertiary/aromatic N) is 2. The number of nitriles is 1. The highest BCUT2D eigenvalue weighted by atomic mass is 35.5. The highest BCUT2D eigenvalue weighted by molar-refractivity contribution is 6.31. The van der Waals surface area contributed by atoms with Gasteiger partial charge in [0.1, 0.15) is 17.9 Å². The Hall–Kier alpha value is -2.55. The second-order valence-electron chi connectivity index (χ2n) is 8.91. The highest BCUT2D eigenvalue weighted by Gasteiger charge is 2.50. The number of fused-ring (bicyclic) bond motifs is 1. The van der Waals surface area contributed by atoms with E-state index in [0.29, 0.717) is 16.3 Å². The normalized spacial score (nSPS) is 22.4. The number of halogens is 1. The zero-order valence-electron chi connectivity index (χ0n) is 17.5. The number of carbonyl (C=O) groups excluding carboxylic acids is 1. The largest absolute Gasteiger partial charge is 0.490 e. The summed E-state index contributed by atoms with van der Waals surface area (Å²) < 4.78 is 6.10. The molecule has 1 fully saturated rings. The summed E-state index contributed by atoms with van der Waals surface area (Å²) in [6.07, 6.45) is 1.67. The highest BCUT2D eigenvalue weighted by Crippen LogP contribution is 2.43. The molecule has 1 saturated carbocycles. The van der Waals surface area contributed by atoms with Gasteiger partial charge < -0.3 is 15.0 Å². The van der Waals surface area contributed by atoms with Crippen LogP contribution in [0.2, 0.25) is 5.02 Å². The summed E-state index contributed by atoms with van der Waals surface area (Å²) in [5.41, 5.74) is 3.51. The molecule has 0 aromatic heterocycles. The molecule has 1 heterocycles. The summed E-state index contributed by atoms with van der Waals surface area (Å²) in [5, 5.41) is 12.6. The van der Waals surface area contributed by atoms with Gasteiger partial charge in [0, 0.05) is 42.6 Å². The van der Waals surface area contributed by atoms with E-state index in [1.807, 2.05) is 18.2 Å². The fraction of sp³-hybridized carbons (Fsp3) is 0.417. The van der Waals surface area contributed by atoms with Gasteiger partial charge >= 0.3 is 0 Å². The van der Waals surface area contributed by atoms with Crippen molar-refractivity contribution in [2.45, 2.75) is 45.4 Å². The molecule has 30 heavy (non-hydrogen) atoms. The molecule has 2 atom stereocenters. The summed E-state index contributed by atoms with van der Waals surface area (Å²) in [7, 11) is 2.12. The Morgan fingerprint density at radius 2 is 2.07 bits per heavy atom. The first-order chi connectivity index (χ1) is 14.3. The van der Waals surface area contributed by atoms with Gasteiger partial charge in [0.05, 0.1) is 10.6 Å². The molecule has 0 saturated heterocycles. The van der Waals surface area contributed by atoms with E-state index in [1.165, 1.54) is 11.1 Å². The van der Waals surface area contributed by atoms with E-state index >= 15 is 0 Å². The second-order valence-corrected chi connectivity index (χ2v) is 9.32. The van der Waals surface area contributed by atoms with Crippen LogP contribution in [0.5, 0.6) is 5.75 Å². The molecule has 0 radical (unpaired) electrons. The van der Waals surface area contributed by atoms with Crippen LogP contribution in [-0.4, -0.2) is 36.5 Å². The van der Waals surface area contributed by atoms with E-state index in [2.05, 4.69) is 37.2 Å². The molecule has 1 aliphatic heterocycles. The molecular weight excluding hydrogens is 398 g/mol. The van der Waals surface area contributed by atoms with Gasteiger partial charge in [0.2, 0.25) is 0 Å². The van der Waals surface area contributed by atoms with Crippen molar-refractivity contribution in [2.75, 3.05) is 13.6 Å². The molecule has 6 heteroatoms. The van der Waals surface area contributed by atoms with E-state index in [9.17, 15) is 4.79 Å². The van der Waals surface area contributed by atoms with Crippen LogP contribution in [-0.2, 0) is 13.0 Å². The summed E-state index contributed by atoms with van der Waals surface area (Å²) >= 11 is 6.11. The van der Waals surface area contributed by atoms with E-state index < -0.39 is 0 Å². The Kier molecular flexibility index (Phi) is 5.48. The van der Waals surface area contributed by atoms with Crippen LogP contribution in [0.4, 0.5) is 0 Å². The lowest BCUT2D eigenvalue weighted by Gasteiger charge is -2.51. The minimum Gasteiger partial charge on any atom is -0.490 e. The number of amides is 1. The van der Waals surface area contributed by atoms with Crippen LogP contribution >= 0.6 is 11.6 Å². The lowest BCUT2D eigenvalue weighted by molar-refractivity contribution is -0.0515. The molecule has 1 N–H and O–H groups in total.